The predicted octanol–water partition coefficient (Wildman–Crippen LogP) is 2.42. The van der Waals surface area contributed by atoms with Crippen LogP contribution >= 0.6 is 22.3 Å². The summed E-state index contributed by atoms with van der Waals surface area (Å²) in [5, 5.41) is -0.675. The van der Waals surface area contributed by atoms with Gasteiger partial charge in [0.15, 0.2) is 0 Å². The molecular formula is C9H11Cl2NO4S2. The van der Waals surface area contributed by atoms with E-state index in [1.54, 1.807) is 0 Å². The molecule has 1 N–H and O–H groups in total. The summed E-state index contributed by atoms with van der Waals surface area (Å²) in [4.78, 5) is -0.193. The molecule has 0 radical (unpaired) electrons. The van der Waals surface area contributed by atoms with Crippen molar-refractivity contribution in [3.05, 3.63) is 23.2 Å². The molecule has 1 aromatic carbocycles. The SMILES string of the molecule is CC(C)S(=O)(=O)Nc1ccc(S(=O)(=O)Cl)cc1Cl. The van der Waals surface area contributed by atoms with Crippen LogP contribution in [0.2, 0.25) is 5.02 Å². The molecule has 0 aliphatic carbocycles. The van der Waals surface area contributed by atoms with Gasteiger partial charge in [0.1, 0.15) is 0 Å². The smallest absolute Gasteiger partial charge is 0.261 e. The van der Waals surface area contributed by atoms with Crippen molar-refractivity contribution in [2.24, 2.45) is 0 Å². The molecule has 0 saturated carbocycles. The summed E-state index contributed by atoms with van der Waals surface area (Å²) in [6, 6.07) is 3.51. The molecule has 5 nitrogen and oxygen atoms in total. The van der Waals surface area contributed by atoms with Crippen LogP contribution in [-0.2, 0) is 19.1 Å². The minimum Gasteiger partial charge on any atom is -0.282 e. The highest BCUT2D eigenvalue weighted by atomic mass is 35.7. The number of hydrogen-bond acceptors (Lipinski definition) is 4. The Morgan fingerprint density at radius 2 is 1.72 bits per heavy atom. The largest absolute Gasteiger partial charge is 0.282 e. The van der Waals surface area contributed by atoms with Crippen LogP contribution in [0.4, 0.5) is 5.69 Å². The molecule has 0 fully saturated rings. The number of nitrogens with one attached hydrogen (secondary N) is 1. The average Bonchev–Trinajstić information content (AvgIpc) is 2.19. The van der Waals surface area contributed by atoms with Crippen LogP contribution in [0.25, 0.3) is 0 Å². The molecule has 0 heterocycles. The van der Waals surface area contributed by atoms with Crippen LogP contribution in [0.15, 0.2) is 23.1 Å². The summed E-state index contributed by atoms with van der Waals surface area (Å²) in [6.07, 6.45) is 0. The number of rotatable bonds is 4. The van der Waals surface area contributed by atoms with Crippen molar-refractivity contribution in [3.63, 3.8) is 0 Å². The second-order valence-electron chi connectivity index (χ2n) is 3.78. The Bertz CT molecular complexity index is 653. The second kappa shape index (κ2) is 5.24. The molecule has 0 aromatic heterocycles. The predicted molar refractivity (Wildman–Crippen MR) is 72.2 cm³/mol. The van der Waals surface area contributed by atoms with Gasteiger partial charge in [-0.1, -0.05) is 11.6 Å². The maximum Gasteiger partial charge on any atom is 0.261 e. The molecule has 102 valence electrons. The molecule has 1 aromatic rings. The lowest BCUT2D eigenvalue weighted by Crippen LogP contribution is -2.22. The van der Waals surface area contributed by atoms with Crippen LogP contribution in [-0.4, -0.2) is 22.1 Å². The van der Waals surface area contributed by atoms with Gasteiger partial charge in [0.05, 0.1) is 20.9 Å². The van der Waals surface area contributed by atoms with E-state index >= 15 is 0 Å². The van der Waals surface area contributed by atoms with Crippen molar-refractivity contribution in [2.45, 2.75) is 24.0 Å². The van der Waals surface area contributed by atoms with Crippen LogP contribution in [0.5, 0.6) is 0 Å². The van der Waals surface area contributed by atoms with Crippen LogP contribution in [0.3, 0.4) is 0 Å². The van der Waals surface area contributed by atoms with E-state index in [0.717, 1.165) is 6.07 Å². The van der Waals surface area contributed by atoms with Gasteiger partial charge >= 0.3 is 0 Å². The summed E-state index contributed by atoms with van der Waals surface area (Å²) < 4.78 is 47.6. The number of hydrogen-bond donors (Lipinski definition) is 1. The molecule has 1 rings (SSSR count). The van der Waals surface area contributed by atoms with Crippen LogP contribution in [0, 0.1) is 0 Å². The molecule has 0 aliphatic heterocycles. The van der Waals surface area contributed by atoms with Gasteiger partial charge in [-0.2, -0.15) is 0 Å². The Morgan fingerprint density at radius 3 is 2.11 bits per heavy atom. The summed E-state index contributed by atoms with van der Waals surface area (Å²) in [5.41, 5.74) is 0.106. The van der Waals surface area contributed by atoms with E-state index in [2.05, 4.69) is 4.72 Å². The van der Waals surface area contributed by atoms with E-state index in [4.69, 9.17) is 22.3 Å². The first kappa shape index (κ1) is 15.6. The van der Waals surface area contributed by atoms with Crippen LogP contribution < -0.4 is 4.72 Å². The van der Waals surface area contributed by atoms with Gasteiger partial charge in [-0.3, -0.25) is 4.72 Å². The molecule has 0 bridgehead atoms. The first-order valence-corrected chi connectivity index (χ1v) is 9.03. The molecule has 0 unspecified atom stereocenters. The summed E-state index contributed by atoms with van der Waals surface area (Å²) in [5.74, 6) is 0. The van der Waals surface area contributed by atoms with E-state index < -0.39 is 24.3 Å². The molecule has 0 spiro atoms. The molecule has 0 saturated heterocycles. The zero-order valence-electron chi connectivity index (χ0n) is 9.51. The highest BCUT2D eigenvalue weighted by Crippen LogP contribution is 2.28. The summed E-state index contributed by atoms with van der Waals surface area (Å²) in [7, 11) is -2.29. The fourth-order valence-corrected chi connectivity index (χ4v) is 2.85. The monoisotopic (exact) mass is 331 g/mol. The molecule has 0 amide bonds. The Morgan fingerprint density at radius 1 is 1.17 bits per heavy atom. The maximum absolute atomic E-state index is 11.6. The fraction of sp³-hybridized carbons (Fsp3) is 0.333. The Hall–Kier alpha value is -0.500. The van der Waals surface area contributed by atoms with E-state index in [1.807, 2.05) is 0 Å². The topological polar surface area (TPSA) is 80.3 Å². The standard InChI is InChI=1S/C9H11Cl2NO4S2/c1-6(2)18(15,16)12-9-4-3-7(5-8(9)10)17(11,13)14/h3-6,12H,1-2H3. The first-order valence-electron chi connectivity index (χ1n) is 4.80. The molecule has 9 heteroatoms. The van der Waals surface area contributed by atoms with Gasteiger partial charge < -0.3 is 0 Å². The fourth-order valence-electron chi connectivity index (χ4n) is 1.00. The van der Waals surface area contributed by atoms with Crippen LogP contribution in [0.1, 0.15) is 13.8 Å². The van der Waals surface area contributed by atoms with Crippen molar-refractivity contribution >= 4 is 47.0 Å². The van der Waals surface area contributed by atoms with E-state index in [-0.39, 0.29) is 15.6 Å². The molecule has 18 heavy (non-hydrogen) atoms. The maximum atomic E-state index is 11.6. The van der Waals surface area contributed by atoms with E-state index in [1.165, 1.54) is 26.0 Å². The number of anilines is 1. The lowest BCUT2D eigenvalue weighted by Gasteiger charge is -2.12. The van der Waals surface area contributed by atoms with Crippen molar-refractivity contribution in [1.29, 1.82) is 0 Å². The lowest BCUT2D eigenvalue weighted by atomic mass is 10.3. The minimum atomic E-state index is -3.89. The normalized spacial score (nSPS) is 12.7. The number of benzene rings is 1. The molecule has 0 atom stereocenters. The van der Waals surface area contributed by atoms with Crippen molar-refractivity contribution < 1.29 is 16.8 Å². The van der Waals surface area contributed by atoms with Gasteiger partial charge in [-0.25, -0.2) is 16.8 Å². The van der Waals surface area contributed by atoms with Gasteiger partial charge in [0.2, 0.25) is 10.0 Å². The first-order chi connectivity index (χ1) is 8.04. The van der Waals surface area contributed by atoms with E-state index in [9.17, 15) is 16.8 Å². The number of sulfonamides is 1. The summed E-state index contributed by atoms with van der Waals surface area (Å²) in [6.45, 7) is 3.02. The van der Waals surface area contributed by atoms with Gasteiger partial charge in [0.25, 0.3) is 9.05 Å². The summed E-state index contributed by atoms with van der Waals surface area (Å²) >= 11 is 5.80. The molecule has 0 aliphatic rings. The Balaban J connectivity index is 3.16. The van der Waals surface area contributed by atoms with Crippen molar-refractivity contribution in [3.8, 4) is 0 Å². The quantitative estimate of drug-likeness (QED) is 0.859. The van der Waals surface area contributed by atoms with E-state index in [0.29, 0.717) is 0 Å². The highest BCUT2D eigenvalue weighted by molar-refractivity contribution is 8.13. The Labute approximate surface area is 116 Å². The highest BCUT2D eigenvalue weighted by Gasteiger charge is 2.18. The Kier molecular flexibility index (Phi) is 4.53. The zero-order valence-corrected chi connectivity index (χ0v) is 12.7. The third kappa shape index (κ3) is 3.74. The van der Waals surface area contributed by atoms with Crippen molar-refractivity contribution in [1.82, 2.24) is 0 Å². The minimum absolute atomic E-state index is 0.0408. The van der Waals surface area contributed by atoms with Gasteiger partial charge in [0, 0.05) is 10.7 Å². The third-order valence-corrected chi connectivity index (χ3v) is 5.50. The van der Waals surface area contributed by atoms with Gasteiger partial charge in [-0.15, -0.1) is 0 Å². The zero-order chi connectivity index (χ0) is 14.1. The lowest BCUT2D eigenvalue weighted by molar-refractivity contribution is 0.592. The molecular weight excluding hydrogens is 321 g/mol. The third-order valence-electron chi connectivity index (χ3n) is 2.09. The average molecular weight is 332 g/mol. The van der Waals surface area contributed by atoms with Gasteiger partial charge in [-0.05, 0) is 32.0 Å². The number of halogens is 2. The van der Waals surface area contributed by atoms with Crippen molar-refractivity contribution in [2.75, 3.05) is 4.72 Å². The second-order valence-corrected chi connectivity index (χ2v) is 8.99.